The molecule has 0 atom stereocenters. The number of benzene rings is 1. The zero-order chi connectivity index (χ0) is 15.5. The Balaban J connectivity index is 1.97. The lowest BCUT2D eigenvalue weighted by molar-refractivity contribution is -0.385. The summed E-state index contributed by atoms with van der Waals surface area (Å²) in [4.78, 5) is 15.3. The maximum absolute atomic E-state index is 10.6. The highest BCUT2D eigenvalue weighted by molar-refractivity contribution is 5.66. The predicted octanol–water partition coefficient (Wildman–Crippen LogP) is 2.11. The second-order valence-corrected chi connectivity index (χ2v) is 4.31. The molecule has 0 aliphatic rings. The van der Waals surface area contributed by atoms with Crippen LogP contribution < -0.4 is 0 Å². The predicted molar refractivity (Wildman–Crippen MR) is 76.0 cm³/mol. The molecular formula is C14H8N6O2. The number of nitro groups is 1. The summed E-state index contributed by atoms with van der Waals surface area (Å²) >= 11 is 0. The smallest absolute Gasteiger partial charge is 0.258 e. The molecule has 0 saturated carbocycles. The topological polar surface area (TPSA) is 111 Å². The van der Waals surface area contributed by atoms with E-state index >= 15 is 0 Å². The van der Waals surface area contributed by atoms with Gasteiger partial charge in [-0.1, -0.05) is 18.2 Å². The molecule has 106 valence electrons. The number of pyridine rings is 1. The first-order valence-electron chi connectivity index (χ1n) is 6.21. The summed E-state index contributed by atoms with van der Waals surface area (Å²) in [5.41, 5.74) is 1.58. The highest BCUT2D eigenvalue weighted by Crippen LogP contribution is 2.21. The first-order chi connectivity index (χ1) is 10.7. The van der Waals surface area contributed by atoms with E-state index in [0.29, 0.717) is 22.6 Å². The van der Waals surface area contributed by atoms with E-state index in [1.807, 2.05) is 0 Å². The van der Waals surface area contributed by atoms with Crippen LogP contribution in [0.25, 0.3) is 17.1 Å². The Morgan fingerprint density at radius 2 is 2.00 bits per heavy atom. The van der Waals surface area contributed by atoms with Crippen molar-refractivity contribution in [1.82, 2.24) is 20.0 Å². The van der Waals surface area contributed by atoms with Crippen molar-refractivity contribution in [3.05, 3.63) is 64.5 Å². The molecule has 2 heterocycles. The Hall–Kier alpha value is -3.60. The number of aromatic nitrogens is 4. The zero-order valence-corrected chi connectivity index (χ0v) is 11.1. The molecule has 3 aromatic rings. The molecule has 1 aromatic carbocycles. The summed E-state index contributed by atoms with van der Waals surface area (Å²) in [5, 5.41) is 28.0. The van der Waals surface area contributed by atoms with Crippen LogP contribution >= 0.6 is 0 Å². The summed E-state index contributed by atoms with van der Waals surface area (Å²) in [6.45, 7) is 0. The highest BCUT2D eigenvalue weighted by Gasteiger charge is 2.11. The van der Waals surface area contributed by atoms with Crippen molar-refractivity contribution in [2.24, 2.45) is 0 Å². The molecule has 3 rings (SSSR count). The number of rotatable bonds is 3. The van der Waals surface area contributed by atoms with Gasteiger partial charge in [0.1, 0.15) is 11.9 Å². The molecule has 8 heteroatoms. The lowest BCUT2D eigenvalue weighted by Crippen LogP contribution is -2.02. The molecule has 2 aromatic heterocycles. The van der Waals surface area contributed by atoms with Gasteiger partial charge in [-0.3, -0.25) is 10.1 Å². The molecule has 0 fully saturated rings. The van der Waals surface area contributed by atoms with E-state index in [-0.39, 0.29) is 5.69 Å². The maximum Gasteiger partial charge on any atom is 0.287 e. The summed E-state index contributed by atoms with van der Waals surface area (Å²) in [5.74, 6) is 0.353. The molecule has 22 heavy (non-hydrogen) atoms. The normalized spacial score (nSPS) is 10.1. The Bertz CT molecular complexity index is 879. The second-order valence-electron chi connectivity index (χ2n) is 4.31. The summed E-state index contributed by atoms with van der Waals surface area (Å²) in [6.07, 6.45) is 2.65. The standard InChI is InChI=1S/C14H8N6O2/c15-7-10-3-1-2-4-12(10)13-9-17-19(18-13)14-6-5-11(8-16-14)20(21)22/h1-6,8-9H. The highest BCUT2D eigenvalue weighted by atomic mass is 16.6. The first kappa shape index (κ1) is 13.4. The van der Waals surface area contributed by atoms with Gasteiger partial charge in [0.2, 0.25) is 0 Å². The minimum atomic E-state index is -0.526. The van der Waals surface area contributed by atoms with E-state index in [9.17, 15) is 10.1 Å². The van der Waals surface area contributed by atoms with Gasteiger partial charge in [-0.25, -0.2) is 4.98 Å². The number of hydrogen-bond donors (Lipinski definition) is 0. The van der Waals surface area contributed by atoms with Gasteiger partial charge in [-0.2, -0.15) is 10.4 Å². The monoisotopic (exact) mass is 292 g/mol. The number of nitriles is 1. The van der Waals surface area contributed by atoms with E-state index < -0.39 is 4.92 Å². The van der Waals surface area contributed by atoms with Crippen LogP contribution in [-0.2, 0) is 0 Å². The van der Waals surface area contributed by atoms with Gasteiger partial charge in [0, 0.05) is 11.6 Å². The molecule has 0 amide bonds. The third-order valence-corrected chi connectivity index (χ3v) is 2.96. The van der Waals surface area contributed by atoms with Crippen molar-refractivity contribution in [2.45, 2.75) is 0 Å². The van der Waals surface area contributed by atoms with Crippen LogP contribution in [0.15, 0.2) is 48.8 Å². The van der Waals surface area contributed by atoms with Crippen molar-refractivity contribution in [2.75, 3.05) is 0 Å². The number of nitrogens with zero attached hydrogens (tertiary/aromatic N) is 6. The van der Waals surface area contributed by atoms with Gasteiger partial charge >= 0.3 is 0 Å². The lowest BCUT2D eigenvalue weighted by atomic mass is 10.1. The van der Waals surface area contributed by atoms with E-state index in [4.69, 9.17) is 5.26 Å². The molecule has 0 bridgehead atoms. The first-order valence-corrected chi connectivity index (χ1v) is 6.21. The van der Waals surface area contributed by atoms with Gasteiger partial charge in [-0.05, 0) is 12.1 Å². The van der Waals surface area contributed by atoms with Gasteiger partial charge in [0.15, 0.2) is 5.82 Å². The summed E-state index contributed by atoms with van der Waals surface area (Å²) in [7, 11) is 0. The maximum atomic E-state index is 10.6. The van der Waals surface area contributed by atoms with E-state index in [1.165, 1.54) is 23.1 Å². The van der Waals surface area contributed by atoms with Crippen molar-refractivity contribution in [3.63, 3.8) is 0 Å². The third kappa shape index (κ3) is 2.38. The van der Waals surface area contributed by atoms with Gasteiger partial charge in [0.25, 0.3) is 5.69 Å². The average Bonchev–Trinajstić information content (AvgIpc) is 3.04. The quantitative estimate of drug-likeness (QED) is 0.540. The fourth-order valence-corrected chi connectivity index (χ4v) is 1.91. The molecule has 0 aliphatic carbocycles. The molecule has 0 spiro atoms. The molecule has 0 radical (unpaired) electrons. The second kappa shape index (κ2) is 5.41. The van der Waals surface area contributed by atoms with Crippen LogP contribution in [0, 0.1) is 21.4 Å². The van der Waals surface area contributed by atoms with Crippen LogP contribution in [0.4, 0.5) is 5.69 Å². The van der Waals surface area contributed by atoms with Crippen molar-refractivity contribution < 1.29 is 4.92 Å². The Morgan fingerprint density at radius 3 is 2.68 bits per heavy atom. The Labute approximate surface area is 124 Å². The van der Waals surface area contributed by atoms with Crippen molar-refractivity contribution in [1.29, 1.82) is 5.26 Å². The van der Waals surface area contributed by atoms with Crippen LogP contribution in [0.2, 0.25) is 0 Å². The fraction of sp³-hybridized carbons (Fsp3) is 0. The number of hydrogen-bond acceptors (Lipinski definition) is 6. The molecule has 8 nitrogen and oxygen atoms in total. The van der Waals surface area contributed by atoms with E-state index in [2.05, 4.69) is 21.3 Å². The summed E-state index contributed by atoms with van der Waals surface area (Å²) < 4.78 is 0. The van der Waals surface area contributed by atoms with Crippen LogP contribution in [0.1, 0.15) is 5.56 Å². The van der Waals surface area contributed by atoms with Gasteiger partial charge < -0.3 is 0 Å². The minimum absolute atomic E-state index is 0.106. The van der Waals surface area contributed by atoms with E-state index in [0.717, 1.165) is 6.20 Å². The zero-order valence-electron chi connectivity index (χ0n) is 11.1. The molecule has 0 aliphatic heterocycles. The van der Waals surface area contributed by atoms with Crippen LogP contribution in [0.5, 0.6) is 0 Å². The molecule has 0 N–H and O–H groups in total. The molecular weight excluding hydrogens is 284 g/mol. The van der Waals surface area contributed by atoms with Gasteiger partial charge in [0.05, 0.1) is 22.8 Å². The minimum Gasteiger partial charge on any atom is -0.258 e. The molecule has 0 unspecified atom stereocenters. The SMILES string of the molecule is N#Cc1ccccc1-c1cnn(-c2ccc([N+](=O)[O-])cn2)n1. The average molecular weight is 292 g/mol. The Kier molecular flexibility index (Phi) is 3.29. The van der Waals surface area contributed by atoms with E-state index in [1.54, 1.807) is 24.3 Å². The summed E-state index contributed by atoms with van der Waals surface area (Å²) in [6, 6.07) is 11.9. The molecule has 0 saturated heterocycles. The van der Waals surface area contributed by atoms with Crippen molar-refractivity contribution >= 4 is 5.69 Å². The van der Waals surface area contributed by atoms with Crippen LogP contribution in [-0.4, -0.2) is 24.9 Å². The third-order valence-electron chi connectivity index (χ3n) is 2.96. The lowest BCUT2D eigenvalue weighted by Gasteiger charge is -1.99. The Morgan fingerprint density at radius 1 is 1.18 bits per heavy atom. The largest absolute Gasteiger partial charge is 0.287 e. The van der Waals surface area contributed by atoms with Crippen LogP contribution in [0.3, 0.4) is 0 Å². The van der Waals surface area contributed by atoms with Gasteiger partial charge in [-0.15, -0.1) is 9.90 Å². The fourth-order valence-electron chi connectivity index (χ4n) is 1.91. The van der Waals surface area contributed by atoms with Crippen molar-refractivity contribution in [3.8, 4) is 23.1 Å².